The monoisotopic (exact) mass is 301 g/mol. The standard InChI is InChI=1S/C17H16FNO3/c1-12(17(21)19-15-5-3-2-4-6-15)22-16(20)11-13-7-9-14(18)10-8-13/h2-10,12H,11H2,1H3,(H,19,21). The molecule has 2 rings (SSSR count). The Morgan fingerprint density at radius 1 is 1.09 bits per heavy atom. The van der Waals surface area contributed by atoms with Crippen LogP contribution in [0.5, 0.6) is 0 Å². The molecule has 4 nitrogen and oxygen atoms in total. The van der Waals surface area contributed by atoms with E-state index in [2.05, 4.69) is 5.32 Å². The smallest absolute Gasteiger partial charge is 0.311 e. The molecule has 1 unspecified atom stereocenters. The van der Waals surface area contributed by atoms with Crippen molar-refractivity contribution in [3.63, 3.8) is 0 Å². The van der Waals surface area contributed by atoms with Crippen LogP contribution in [0.4, 0.5) is 10.1 Å². The second kappa shape index (κ2) is 7.36. The van der Waals surface area contributed by atoms with Gasteiger partial charge in [-0.3, -0.25) is 9.59 Å². The van der Waals surface area contributed by atoms with E-state index in [1.807, 2.05) is 6.07 Å². The molecular weight excluding hydrogens is 285 g/mol. The zero-order chi connectivity index (χ0) is 15.9. The Bertz CT molecular complexity index is 641. The van der Waals surface area contributed by atoms with Crippen molar-refractivity contribution in [2.45, 2.75) is 19.4 Å². The summed E-state index contributed by atoms with van der Waals surface area (Å²) in [6.45, 7) is 1.50. The van der Waals surface area contributed by atoms with Crippen molar-refractivity contribution < 1.29 is 18.7 Å². The number of halogens is 1. The highest BCUT2D eigenvalue weighted by Gasteiger charge is 2.18. The number of ether oxygens (including phenoxy) is 1. The first-order valence-electron chi connectivity index (χ1n) is 6.84. The fourth-order valence-corrected chi connectivity index (χ4v) is 1.83. The van der Waals surface area contributed by atoms with Crippen molar-refractivity contribution in [2.24, 2.45) is 0 Å². The van der Waals surface area contributed by atoms with Crippen molar-refractivity contribution in [2.75, 3.05) is 5.32 Å². The fraction of sp³-hybridized carbons (Fsp3) is 0.176. The molecule has 0 aromatic heterocycles. The van der Waals surface area contributed by atoms with Crippen LogP contribution in [-0.4, -0.2) is 18.0 Å². The summed E-state index contributed by atoms with van der Waals surface area (Å²) in [5, 5.41) is 2.65. The average Bonchev–Trinajstić information content (AvgIpc) is 2.50. The number of amides is 1. The molecule has 0 radical (unpaired) electrons. The molecule has 2 aromatic rings. The van der Waals surface area contributed by atoms with Gasteiger partial charge in [0.15, 0.2) is 6.10 Å². The number of esters is 1. The molecular formula is C17H16FNO3. The summed E-state index contributed by atoms with van der Waals surface area (Å²) in [6.07, 6.45) is -0.920. The van der Waals surface area contributed by atoms with Crippen LogP contribution in [0, 0.1) is 5.82 Å². The van der Waals surface area contributed by atoms with Crippen molar-refractivity contribution in [3.8, 4) is 0 Å². The van der Waals surface area contributed by atoms with Gasteiger partial charge < -0.3 is 10.1 Å². The Morgan fingerprint density at radius 3 is 2.36 bits per heavy atom. The molecule has 0 aliphatic rings. The zero-order valence-electron chi connectivity index (χ0n) is 12.1. The molecule has 1 atom stereocenters. The third-order valence-corrected chi connectivity index (χ3v) is 2.98. The quantitative estimate of drug-likeness (QED) is 0.864. The first kappa shape index (κ1) is 15.7. The Balaban J connectivity index is 1.85. The Morgan fingerprint density at radius 2 is 1.73 bits per heavy atom. The van der Waals surface area contributed by atoms with Crippen molar-refractivity contribution in [3.05, 3.63) is 66.0 Å². The summed E-state index contributed by atoms with van der Waals surface area (Å²) in [4.78, 5) is 23.7. The minimum atomic E-state index is -0.909. The minimum absolute atomic E-state index is 0.0107. The van der Waals surface area contributed by atoms with Gasteiger partial charge in [0.05, 0.1) is 6.42 Å². The van der Waals surface area contributed by atoms with Crippen LogP contribution >= 0.6 is 0 Å². The van der Waals surface area contributed by atoms with E-state index in [4.69, 9.17) is 4.74 Å². The molecule has 0 spiro atoms. The lowest BCUT2D eigenvalue weighted by Gasteiger charge is -2.13. The molecule has 0 saturated carbocycles. The maximum absolute atomic E-state index is 12.8. The lowest BCUT2D eigenvalue weighted by Crippen LogP contribution is -2.30. The van der Waals surface area contributed by atoms with Gasteiger partial charge in [-0.05, 0) is 36.8 Å². The van der Waals surface area contributed by atoms with Gasteiger partial charge in [0.2, 0.25) is 0 Å². The largest absolute Gasteiger partial charge is 0.452 e. The van der Waals surface area contributed by atoms with E-state index < -0.39 is 18.0 Å². The maximum atomic E-state index is 12.8. The van der Waals surface area contributed by atoms with Gasteiger partial charge in [-0.1, -0.05) is 30.3 Å². The molecule has 5 heteroatoms. The fourth-order valence-electron chi connectivity index (χ4n) is 1.83. The molecule has 0 aliphatic carbocycles. The van der Waals surface area contributed by atoms with E-state index in [1.54, 1.807) is 24.3 Å². The highest BCUT2D eigenvalue weighted by Crippen LogP contribution is 2.08. The van der Waals surface area contributed by atoms with Crippen LogP contribution in [0.15, 0.2) is 54.6 Å². The molecule has 0 fully saturated rings. The van der Waals surface area contributed by atoms with Crippen LogP contribution in [0.1, 0.15) is 12.5 Å². The van der Waals surface area contributed by atoms with E-state index in [1.165, 1.54) is 31.2 Å². The van der Waals surface area contributed by atoms with E-state index in [0.29, 0.717) is 11.3 Å². The normalized spacial score (nSPS) is 11.5. The second-order valence-electron chi connectivity index (χ2n) is 4.79. The average molecular weight is 301 g/mol. The summed E-state index contributed by atoms with van der Waals surface area (Å²) in [5.41, 5.74) is 1.26. The summed E-state index contributed by atoms with van der Waals surface area (Å²) in [6, 6.07) is 14.5. The third kappa shape index (κ3) is 4.70. The Kier molecular flexibility index (Phi) is 5.25. The number of anilines is 1. The molecule has 22 heavy (non-hydrogen) atoms. The lowest BCUT2D eigenvalue weighted by molar-refractivity contribution is -0.152. The van der Waals surface area contributed by atoms with Crippen molar-refractivity contribution in [1.82, 2.24) is 0 Å². The maximum Gasteiger partial charge on any atom is 0.311 e. The number of hydrogen-bond acceptors (Lipinski definition) is 3. The van der Waals surface area contributed by atoms with Crippen molar-refractivity contribution >= 4 is 17.6 Å². The van der Waals surface area contributed by atoms with Crippen LogP contribution in [0.3, 0.4) is 0 Å². The molecule has 2 aromatic carbocycles. The second-order valence-corrected chi connectivity index (χ2v) is 4.79. The van der Waals surface area contributed by atoms with Gasteiger partial charge in [0.25, 0.3) is 5.91 Å². The number of carbonyl (C=O) groups is 2. The van der Waals surface area contributed by atoms with Crippen LogP contribution < -0.4 is 5.32 Å². The highest BCUT2D eigenvalue weighted by atomic mass is 19.1. The topological polar surface area (TPSA) is 55.4 Å². The highest BCUT2D eigenvalue weighted by molar-refractivity contribution is 5.95. The number of hydrogen-bond donors (Lipinski definition) is 1. The lowest BCUT2D eigenvalue weighted by atomic mass is 10.1. The molecule has 0 heterocycles. The number of benzene rings is 2. The van der Waals surface area contributed by atoms with Gasteiger partial charge in [-0.25, -0.2) is 4.39 Å². The summed E-state index contributed by atoms with van der Waals surface area (Å²) in [5.74, 6) is -1.31. The summed E-state index contributed by atoms with van der Waals surface area (Å²) < 4.78 is 17.9. The van der Waals surface area contributed by atoms with Crippen LogP contribution in [0.25, 0.3) is 0 Å². The molecule has 0 bridgehead atoms. The van der Waals surface area contributed by atoms with E-state index in [-0.39, 0.29) is 12.2 Å². The van der Waals surface area contributed by atoms with Crippen LogP contribution in [0.2, 0.25) is 0 Å². The number of para-hydroxylation sites is 1. The predicted molar refractivity (Wildman–Crippen MR) is 80.7 cm³/mol. The minimum Gasteiger partial charge on any atom is -0.452 e. The summed E-state index contributed by atoms with van der Waals surface area (Å²) in [7, 11) is 0. The van der Waals surface area contributed by atoms with Gasteiger partial charge in [0.1, 0.15) is 5.82 Å². The number of nitrogens with one attached hydrogen (secondary N) is 1. The molecule has 1 amide bonds. The summed E-state index contributed by atoms with van der Waals surface area (Å²) >= 11 is 0. The predicted octanol–water partition coefficient (Wildman–Crippen LogP) is 2.94. The molecule has 0 saturated heterocycles. The number of carbonyl (C=O) groups excluding carboxylic acids is 2. The van der Waals surface area contributed by atoms with Gasteiger partial charge in [-0.15, -0.1) is 0 Å². The third-order valence-electron chi connectivity index (χ3n) is 2.98. The van der Waals surface area contributed by atoms with Gasteiger partial charge >= 0.3 is 5.97 Å². The van der Waals surface area contributed by atoms with Crippen LogP contribution in [-0.2, 0) is 20.7 Å². The zero-order valence-corrected chi connectivity index (χ0v) is 12.1. The first-order chi connectivity index (χ1) is 10.5. The Labute approximate surface area is 127 Å². The van der Waals surface area contributed by atoms with Crippen molar-refractivity contribution in [1.29, 1.82) is 0 Å². The van der Waals surface area contributed by atoms with E-state index in [0.717, 1.165) is 0 Å². The molecule has 114 valence electrons. The van der Waals surface area contributed by atoms with Gasteiger partial charge in [-0.2, -0.15) is 0 Å². The van der Waals surface area contributed by atoms with E-state index >= 15 is 0 Å². The number of rotatable bonds is 5. The molecule has 0 aliphatic heterocycles. The van der Waals surface area contributed by atoms with Gasteiger partial charge in [0, 0.05) is 5.69 Å². The Hall–Kier alpha value is -2.69. The first-order valence-corrected chi connectivity index (χ1v) is 6.84. The SMILES string of the molecule is CC(OC(=O)Cc1ccc(F)cc1)C(=O)Nc1ccccc1. The molecule has 1 N–H and O–H groups in total. The van der Waals surface area contributed by atoms with E-state index in [9.17, 15) is 14.0 Å².